The van der Waals surface area contributed by atoms with E-state index in [4.69, 9.17) is 9.47 Å². The average Bonchev–Trinajstić information content (AvgIpc) is 3.07. The standard InChI is InChI=1S/C18H19F3N4O2S.HI/c1-22-16(23-7-15-25-14(8-28-15)18(19,20)21)24-9-17(4-5-17)11-2-3-12-13(6-11)27-10-26-12;/h2-3,6,8H,4-5,7,9-10H2,1H3,(H2,22,23,24);1H. The molecule has 1 aliphatic carbocycles. The van der Waals surface area contributed by atoms with Gasteiger partial charge in [-0.2, -0.15) is 13.2 Å². The molecule has 0 radical (unpaired) electrons. The summed E-state index contributed by atoms with van der Waals surface area (Å²) < 4.78 is 48.7. The van der Waals surface area contributed by atoms with E-state index in [1.54, 1.807) is 7.05 Å². The molecular formula is C18H20F3IN4O2S. The van der Waals surface area contributed by atoms with Gasteiger partial charge in [-0.05, 0) is 30.5 Å². The van der Waals surface area contributed by atoms with Crippen LogP contribution in [0.1, 0.15) is 29.1 Å². The van der Waals surface area contributed by atoms with Crippen molar-refractivity contribution in [3.8, 4) is 11.5 Å². The number of hydrogen-bond acceptors (Lipinski definition) is 5. The number of hydrogen-bond donors (Lipinski definition) is 2. The Labute approximate surface area is 186 Å². The highest BCUT2D eigenvalue weighted by Gasteiger charge is 2.44. The first-order valence-corrected chi connectivity index (χ1v) is 9.64. The second kappa shape index (κ2) is 8.54. The molecule has 1 aromatic heterocycles. The van der Waals surface area contributed by atoms with Gasteiger partial charge in [0.15, 0.2) is 23.2 Å². The number of aromatic nitrogens is 1. The number of rotatable bonds is 5. The molecule has 0 bridgehead atoms. The van der Waals surface area contributed by atoms with Crippen LogP contribution in [-0.2, 0) is 18.1 Å². The molecule has 11 heteroatoms. The molecule has 6 nitrogen and oxygen atoms in total. The van der Waals surface area contributed by atoms with Crippen LogP contribution in [0.5, 0.6) is 11.5 Å². The van der Waals surface area contributed by atoms with E-state index in [9.17, 15) is 13.2 Å². The zero-order valence-corrected chi connectivity index (χ0v) is 18.7. The molecule has 158 valence electrons. The minimum absolute atomic E-state index is 0. The fraction of sp³-hybridized carbons (Fsp3) is 0.444. The fourth-order valence-electron chi connectivity index (χ4n) is 3.10. The Kier molecular flexibility index (Phi) is 6.46. The number of thiazole rings is 1. The Morgan fingerprint density at radius 2 is 2.00 bits per heavy atom. The van der Waals surface area contributed by atoms with Crippen molar-refractivity contribution in [2.24, 2.45) is 4.99 Å². The van der Waals surface area contributed by atoms with E-state index in [1.165, 1.54) is 5.56 Å². The summed E-state index contributed by atoms with van der Waals surface area (Å²) in [5.74, 6) is 2.04. The summed E-state index contributed by atoms with van der Waals surface area (Å²) in [5.41, 5.74) is 0.315. The van der Waals surface area contributed by atoms with E-state index in [1.807, 2.05) is 18.2 Å². The lowest BCUT2D eigenvalue weighted by Gasteiger charge is -2.19. The third-order valence-electron chi connectivity index (χ3n) is 4.91. The topological polar surface area (TPSA) is 67.8 Å². The highest BCUT2D eigenvalue weighted by atomic mass is 127. The monoisotopic (exact) mass is 540 g/mol. The van der Waals surface area contributed by atoms with Crippen LogP contribution in [0.3, 0.4) is 0 Å². The van der Waals surface area contributed by atoms with E-state index in [0.29, 0.717) is 17.5 Å². The molecule has 2 heterocycles. The first kappa shape index (κ1) is 21.9. The van der Waals surface area contributed by atoms with Gasteiger partial charge in [0.1, 0.15) is 5.01 Å². The number of nitrogens with one attached hydrogen (secondary N) is 2. The summed E-state index contributed by atoms with van der Waals surface area (Å²) in [6.45, 7) is 1.09. The summed E-state index contributed by atoms with van der Waals surface area (Å²) in [6.07, 6.45) is -2.34. The van der Waals surface area contributed by atoms with Crippen LogP contribution in [0.2, 0.25) is 0 Å². The molecule has 0 amide bonds. The molecule has 1 aromatic carbocycles. The van der Waals surface area contributed by atoms with Gasteiger partial charge >= 0.3 is 6.18 Å². The van der Waals surface area contributed by atoms with Crippen molar-refractivity contribution >= 4 is 41.3 Å². The summed E-state index contributed by atoms with van der Waals surface area (Å²) >= 11 is 0.971. The maximum absolute atomic E-state index is 12.6. The van der Waals surface area contributed by atoms with Gasteiger partial charge in [0.2, 0.25) is 6.79 Å². The SMILES string of the molecule is CN=C(NCc1nc(C(F)(F)F)cs1)NCC1(c2ccc3c(c2)OCO3)CC1.I. The minimum atomic E-state index is -4.42. The highest BCUT2D eigenvalue weighted by Crippen LogP contribution is 2.49. The van der Waals surface area contributed by atoms with Gasteiger partial charge in [0.05, 0.1) is 6.54 Å². The van der Waals surface area contributed by atoms with E-state index in [-0.39, 0.29) is 42.7 Å². The Morgan fingerprint density at radius 1 is 1.24 bits per heavy atom. The first-order valence-electron chi connectivity index (χ1n) is 8.76. The van der Waals surface area contributed by atoms with Crippen molar-refractivity contribution in [3.05, 3.63) is 39.8 Å². The van der Waals surface area contributed by atoms with Gasteiger partial charge in [-0.15, -0.1) is 35.3 Å². The molecule has 1 aliphatic heterocycles. The fourth-order valence-corrected chi connectivity index (χ4v) is 3.84. The largest absolute Gasteiger partial charge is 0.454 e. The van der Waals surface area contributed by atoms with E-state index < -0.39 is 11.9 Å². The van der Waals surface area contributed by atoms with Crippen molar-refractivity contribution in [1.82, 2.24) is 15.6 Å². The van der Waals surface area contributed by atoms with Crippen molar-refractivity contribution < 1.29 is 22.6 Å². The quantitative estimate of drug-likeness (QED) is 0.342. The van der Waals surface area contributed by atoms with Crippen LogP contribution in [0.4, 0.5) is 13.2 Å². The second-order valence-corrected chi connectivity index (χ2v) is 7.69. The molecule has 1 fully saturated rings. The minimum Gasteiger partial charge on any atom is -0.454 e. The smallest absolute Gasteiger partial charge is 0.434 e. The Bertz CT molecular complexity index is 899. The Morgan fingerprint density at radius 3 is 2.66 bits per heavy atom. The number of benzene rings is 1. The van der Waals surface area contributed by atoms with Gasteiger partial charge in [0, 0.05) is 24.4 Å². The van der Waals surface area contributed by atoms with Crippen LogP contribution in [0.25, 0.3) is 0 Å². The molecule has 2 aliphatic rings. The maximum Gasteiger partial charge on any atom is 0.434 e. The van der Waals surface area contributed by atoms with Gasteiger partial charge in [0.25, 0.3) is 0 Å². The maximum atomic E-state index is 12.6. The Balaban J connectivity index is 0.00000240. The number of nitrogens with zero attached hydrogens (tertiary/aromatic N) is 2. The zero-order chi connectivity index (χ0) is 19.8. The van der Waals surface area contributed by atoms with Gasteiger partial charge in [-0.3, -0.25) is 4.99 Å². The molecular weight excluding hydrogens is 520 g/mol. The molecule has 29 heavy (non-hydrogen) atoms. The van der Waals surface area contributed by atoms with Crippen LogP contribution in [0, 0.1) is 0 Å². The van der Waals surface area contributed by atoms with Crippen molar-refractivity contribution in [1.29, 1.82) is 0 Å². The number of aliphatic imine (C=N–C) groups is 1. The van der Waals surface area contributed by atoms with E-state index in [2.05, 4.69) is 20.6 Å². The molecule has 4 rings (SSSR count). The first-order chi connectivity index (χ1) is 13.4. The molecule has 0 spiro atoms. The van der Waals surface area contributed by atoms with Gasteiger partial charge < -0.3 is 20.1 Å². The van der Waals surface area contributed by atoms with Gasteiger partial charge in [-0.25, -0.2) is 4.98 Å². The molecule has 2 N–H and O–H groups in total. The molecule has 0 atom stereocenters. The van der Waals surface area contributed by atoms with Crippen LogP contribution in [0.15, 0.2) is 28.6 Å². The third kappa shape index (κ3) is 4.87. The Hall–Kier alpha value is -1.76. The number of ether oxygens (including phenoxy) is 2. The summed E-state index contributed by atoms with van der Waals surface area (Å²) in [5, 5.41) is 7.66. The van der Waals surface area contributed by atoms with Crippen molar-refractivity contribution in [2.45, 2.75) is 31.0 Å². The zero-order valence-electron chi connectivity index (χ0n) is 15.5. The van der Waals surface area contributed by atoms with Crippen molar-refractivity contribution in [3.63, 3.8) is 0 Å². The number of fused-ring (bicyclic) bond motifs is 1. The van der Waals surface area contributed by atoms with E-state index >= 15 is 0 Å². The molecule has 0 saturated heterocycles. The summed E-state index contributed by atoms with van der Waals surface area (Å²) in [4.78, 5) is 7.76. The van der Waals surface area contributed by atoms with Crippen LogP contribution >= 0.6 is 35.3 Å². The van der Waals surface area contributed by atoms with Crippen LogP contribution < -0.4 is 20.1 Å². The lowest BCUT2D eigenvalue weighted by molar-refractivity contribution is -0.140. The molecule has 1 saturated carbocycles. The lowest BCUT2D eigenvalue weighted by Crippen LogP contribution is -2.40. The predicted molar refractivity (Wildman–Crippen MR) is 114 cm³/mol. The second-order valence-electron chi connectivity index (χ2n) is 6.75. The summed E-state index contributed by atoms with van der Waals surface area (Å²) in [7, 11) is 1.62. The number of guanidine groups is 1. The number of alkyl halides is 3. The lowest BCUT2D eigenvalue weighted by atomic mass is 9.95. The molecule has 0 unspecified atom stereocenters. The number of halogens is 4. The predicted octanol–water partition coefficient (Wildman–Crippen LogP) is 3.91. The van der Waals surface area contributed by atoms with Crippen molar-refractivity contribution in [2.75, 3.05) is 20.4 Å². The highest BCUT2D eigenvalue weighted by molar-refractivity contribution is 14.0. The van der Waals surface area contributed by atoms with Crippen LogP contribution in [-0.4, -0.2) is 31.3 Å². The molecule has 2 aromatic rings. The summed E-state index contributed by atoms with van der Waals surface area (Å²) in [6, 6.07) is 5.99. The average molecular weight is 540 g/mol. The third-order valence-corrected chi connectivity index (χ3v) is 5.75. The van der Waals surface area contributed by atoms with E-state index in [0.717, 1.165) is 41.1 Å². The normalized spacial score (nSPS) is 16.9. The van der Waals surface area contributed by atoms with Gasteiger partial charge in [-0.1, -0.05) is 6.07 Å².